The van der Waals surface area contributed by atoms with Crippen LogP contribution in [0.3, 0.4) is 0 Å². The van der Waals surface area contributed by atoms with Gasteiger partial charge in [-0.15, -0.1) is 0 Å². The normalized spacial score (nSPS) is 11.9. The van der Waals surface area contributed by atoms with Crippen LogP contribution in [0.2, 0.25) is 0 Å². The summed E-state index contributed by atoms with van der Waals surface area (Å²) < 4.78 is 67.8. The average molecular weight is 858 g/mol. The van der Waals surface area contributed by atoms with Crippen molar-refractivity contribution in [1.29, 1.82) is 0 Å². The minimum absolute atomic E-state index is 0.366. The molecule has 0 saturated carbocycles. The molecule has 0 aliphatic heterocycles. The van der Waals surface area contributed by atoms with Gasteiger partial charge in [-0.3, -0.25) is 0 Å². The molecule has 0 saturated heterocycles. The number of carbonyl (C=O) groups is 1. The zero-order chi connectivity index (χ0) is 43.5. The number of benzene rings is 3. The third-order valence-corrected chi connectivity index (χ3v) is 8.71. The molecule has 3 rings (SSSR count). The maximum absolute atomic E-state index is 11.9. The molecule has 0 aliphatic carbocycles. The van der Waals surface area contributed by atoms with Crippen LogP contribution in [0.15, 0.2) is 91.0 Å². The summed E-state index contributed by atoms with van der Waals surface area (Å²) in [6.45, 7) is 15.8. The van der Waals surface area contributed by atoms with Crippen molar-refractivity contribution in [3.63, 3.8) is 0 Å². The van der Waals surface area contributed by atoms with Gasteiger partial charge in [0.15, 0.2) is 0 Å². The first-order chi connectivity index (χ1) is 29.8. The Hall–Kier alpha value is -3.51. The molecule has 342 valence electrons. The zero-order valence-electron chi connectivity index (χ0n) is 37.0. The van der Waals surface area contributed by atoms with E-state index in [1.54, 1.807) is 7.05 Å². The highest BCUT2D eigenvalue weighted by atomic mass is 16.6. The monoisotopic (exact) mass is 857 g/mol. The van der Waals surface area contributed by atoms with Crippen LogP contribution in [0, 0.1) is 0 Å². The minimum Gasteiger partial charge on any atom is -0.444 e. The van der Waals surface area contributed by atoms with Gasteiger partial charge in [-0.05, 0) is 37.5 Å². The summed E-state index contributed by atoms with van der Waals surface area (Å²) >= 11 is 0. The van der Waals surface area contributed by atoms with Crippen molar-refractivity contribution < 1.29 is 61.6 Å². The molecule has 0 radical (unpaired) electrons. The van der Waals surface area contributed by atoms with Crippen LogP contribution in [0.4, 0.5) is 4.79 Å². The van der Waals surface area contributed by atoms with Gasteiger partial charge < -0.3 is 61.7 Å². The van der Waals surface area contributed by atoms with Crippen LogP contribution in [0.1, 0.15) is 37.5 Å². The Bertz CT molecular complexity index is 1370. The van der Waals surface area contributed by atoms with E-state index in [1.807, 2.05) is 75.4 Å². The SMILES string of the molecule is CN(CCOCCOCCOCCOCCOCCOCCOCCOCCOCCOCCOC(c1ccccc1)(c1ccccc1)c1ccccc1)C(=O)OC(C)(C)C. The Labute approximate surface area is 363 Å². The molecular weight excluding hydrogens is 787 g/mol. The Morgan fingerprint density at radius 3 is 0.902 bits per heavy atom. The highest BCUT2D eigenvalue weighted by Crippen LogP contribution is 2.40. The number of hydrogen-bond donors (Lipinski definition) is 0. The molecule has 14 nitrogen and oxygen atoms in total. The van der Waals surface area contributed by atoms with Crippen molar-refractivity contribution in [1.82, 2.24) is 4.90 Å². The third kappa shape index (κ3) is 23.5. The van der Waals surface area contributed by atoms with E-state index in [0.717, 1.165) is 16.7 Å². The lowest BCUT2D eigenvalue weighted by molar-refractivity contribution is -0.0399. The molecule has 0 bridgehead atoms. The van der Waals surface area contributed by atoms with Crippen LogP contribution >= 0.6 is 0 Å². The van der Waals surface area contributed by atoms with E-state index < -0.39 is 11.2 Å². The number of hydrogen-bond acceptors (Lipinski definition) is 13. The Morgan fingerprint density at radius 1 is 0.393 bits per heavy atom. The fourth-order valence-corrected chi connectivity index (χ4v) is 5.74. The van der Waals surface area contributed by atoms with Gasteiger partial charge in [0.1, 0.15) is 11.2 Å². The van der Waals surface area contributed by atoms with Gasteiger partial charge in [0, 0.05) is 13.6 Å². The molecule has 0 atom stereocenters. The number of nitrogens with zero attached hydrogens (tertiary/aromatic N) is 1. The fourth-order valence-electron chi connectivity index (χ4n) is 5.74. The Balaban J connectivity index is 1.02. The largest absolute Gasteiger partial charge is 0.444 e. The van der Waals surface area contributed by atoms with Crippen LogP contribution in [-0.4, -0.2) is 169 Å². The molecule has 1 amide bonds. The lowest BCUT2D eigenvalue weighted by Crippen LogP contribution is -2.36. The quantitative estimate of drug-likeness (QED) is 0.0495. The van der Waals surface area contributed by atoms with Crippen molar-refractivity contribution in [3.8, 4) is 0 Å². The summed E-state index contributed by atoms with van der Waals surface area (Å²) in [6.07, 6.45) is -0.366. The fraction of sp³-hybridized carbons (Fsp3) is 0.596. The first-order valence-corrected chi connectivity index (χ1v) is 21.3. The molecule has 0 aliphatic rings. The van der Waals surface area contributed by atoms with Crippen molar-refractivity contribution in [2.24, 2.45) is 0 Å². The summed E-state index contributed by atoms with van der Waals surface area (Å²) in [5, 5.41) is 0. The molecule has 0 N–H and O–H groups in total. The summed E-state index contributed by atoms with van der Waals surface area (Å²) in [6, 6.07) is 31.0. The Kier molecular flexibility index (Phi) is 28.1. The second kappa shape index (κ2) is 33.1. The van der Waals surface area contributed by atoms with Crippen molar-refractivity contribution in [3.05, 3.63) is 108 Å². The number of ether oxygens (including phenoxy) is 12. The molecule has 3 aromatic rings. The molecule has 0 heterocycles. The smallest absolute Gasteiger partial charge is 0.410 e. The molecule has 0 aromatic heterocycles. The Morgan fingerprint density at radius 2 is 0.639 bits per heavy atom. The van der Waals surface area contributed by atoms with Gasteiger partial charge in [-0.2, -0.15) is 0 Å². The highest BCUT2D eigenvalue weighted by Gasteiger charge is 2.37. The molecule has 3 aromatic carbocycles. The van der Waals surface area contributed by atoms with E-state index in [-0.39, 0.29) is 6.09 Å². The van der Waals surface area contributed by atoms with Crippen LogP contribution in [0.5, 0.6) is 0 Å². The van der Waals surface area contributed by atoms with E-state index in [0.29, 0.717) is 145 Å². The number of rotatable bonds is 37. The zero-order valence-corrected chi connectivity index (χ0v) is 37.0. The van der Waals surface area contributed by atoms with Crippen molar-refractivity contribution in [2.75, 3.05) is 152 Å². The van der Waals surface area contributed by atoms with Gasteiger partial charge in [0.2, 0.25) is 0 Å². The molecule has 14 heteroatoms. The predicted molar refractivity (Wildman–Crippen MR) is 232 cm³/mol. The van der Waals surface area contributed by atoms with Crippen molar-refractivity contribution in [2.45, 2.75) is 32.0 Å². The van der Waals surface area contributed by atoms with Gasteiger partial charge >= 0.3 is 6.09 Å². The molecule has 0 spiro atoms. The molecule has 61 heavy (non-hydrogen) atoms. The first kappa shape index (κ1) is 51.8. The summed E-state index contributed by atoms with van der Waals surface area (Å²) in [4.78, 5) is 13.4. The number of carbonyl (C=O) groups excluding carboxylic acids is 1. The predicted octanol–water partition coefficient (Wildman–Crippen LogP) is 6.03. The minimum atomic E-state index is -0.758. The van der Waals surface area contributed by atoms with Gasteiger partial charge in [0.05, 0.1) is 139 Å². The number of amides is 1. The maximum Gasteiger partial charge on any atom is 0.410 e. The number of likely N-dealkylation sites (N-methyl/N-ethyl adjacent to an activating group) is 1. The lowest BCUT2D eigenvalue weighted by atomic mass is 9.80. The summed E-state index contributed by atoms with van der Waals surface area (Å²) in [5.41, 5.74) is 1.92. The summed E-state index contributed by atoms with van der Waals surface area (Å²) in [7, 11) is 1.68. The van der Waals surface area contributed by atoms with E-state index in [2.05, 4.69) is 36.4 Å². The molecule has 0 fully saturated rings. The molecule has 0 unspecified atom stereocenters. The second-order valence-electron chi connectivity index (χ2n) is 14.7. The average Bonchev–Trinajstić information content (AvgIpc) is 3.27. The van der Waals surface area contributed by atoms with Gasteiger partial charge in [-0.1, -0.05) is 91.0 Å². The van der Waals surface area contributed by atoms with Gasteiger partial charge in [0.25, 0.3) is 0 Å². The van der Waals surface area contributed by atoms with Crippen LogP contribution in [0.25, 0.3) is 0 Å². The first-order valence-electron chi connectivity index (χ1n) is 21.3. The van der Waals surface area contributed by atoms with E-state index in [9.17, 15) is 4.79 Å². The standard InChI is InChI=1S/C47H71NO13/c1-46(2,3)61-45(49)48(4)20-21-50-22-23-51-24-25-52-26-27-53-28-29-54-30-31-55-32-33-56-34-35-57-36-37-58-38-39-59-40-41-60-47(42-14-8-5-9-15-42,43-16-10-6-11-17-43)44-18-12-7-13-19-44/h5-19H,20-41H2,1-4H3. The topological polar surface area (TPSA) is 131 Å². The van der Waals surface area contributed by atoms with E-state index >= 15 is 0 Å². The second-order valence-corrected chi connectivity index (χ2v) is 14.7. The third-order valence-electron chi connectivity index (χ3n) is 8.71. The summed E-state index contributed by atoms with van der Waals surface area (Å²) in [5.74, 6) is 0. The highest BCUT2D eigenvalue weighted by molar-refractivity contribution is 5.67. The van der Waals surface area contributed by atoms with Crippen LogP contribution < -0.4 is 0 Å². The van der Waals surface area contributed by atoms with E-state index in [1.165, 1.54) is 4.90 Å². The molecular formula is C47H71NO13. The maximum atomic E-state index is 11.9. The van der Waals surface area contributed by atoms with Gasteiger partial charge in [-0.25, -0.2) is 4.79 Å². The van der Waals surface area contributed by atoms with E-state index in [4.69, 9.17) is 56.8 Å². The van der Waals surface area contributed by atoms with Crippen LogP contribution in [-0.2, 0) is 62.4 Å². The van der Waals surface area contributed by atoms with Crippen molar-refractivity contribution >= 4 is 6.09 Å². The lowest BCUT2D eigenvalue weighted by Gasteiger charge is -2.36.